The zero-order valence-electron chi connectivity index (χ0n) is 18.9. The van der Waals surface area contributed by atoms with Crippen LogP contribution in [-0.4, -0.2) is 5.78 Å². The van der Waals surface area contributed by atoms with E-state index in [-0.39, 0.29) is 41.2 Å². The third-order valence-corrected chi connectivity index (χ3v) is 6.43. The van der Waals surface area contributed by atoms with Crippen LogP contribution in [-0.2, 0) is 11.2 Å². The summed E-state index contributed by atoms with van der Waals surface area (Å²) in [4.78, 5) is 13.1. The second-order valence-electron chi connectivity index (χ2n) is 8.53. The zero-order chi connectivity index (χ0) is 24.8. The van der Waals surface area contributed by atoms with Crippen molar-refractivity contribution in [3.63, 3.8) is 0 Å². The average Bonchev–Trinajstić information content (AvgIpc) is 2.88. The number of aryl methyl sites for hydroxylation is 1. The number of carbonyl (C=O) groups excluding carboxylic acids is 1. The minimum Gasteiger partial charge on any atom is -0.295 e. The molecule has 0 fully saturated rings. The number of fused-ring (bicyclic) bond motifs is 1. The predicted octanol–water partition coefficient (Wildman–Crippen LogP) is 6.78. The summed E-state index contributed by atoms with van der Waals surface area (Å²) in [5, 5.41) is 19.5. The molecule has 5 heteroatoms. The van der Waals surface area contributed by atoms with Gasteiger partial charge in [0.2, 0.25) is 0 Å². The topological polar surface area (TPSA) is 64.7 Å². The van der Waals surface area contributed by atoms with E-state index in [1.54, 1.807) is 30.3 Å². The molecule has 2 atom stereocenters. The Morgan fingerprint density at radius 3 is 2.23 bits per heavy atom. The maximum atomic E-state index is 13.7. The Kier molecular flexibility index (Phi) is 7.29. The molecule has 35 heavy (non-hydrogen) atoms. The number of nitriles is 2. The molecule has 0 aliphatic heterocycles. The van der Waals surface area contributed by atoms with Gasteiger partial charge in [-0.25, -0.2) is 8.78 Å². The fourth-order valence-electron chi connectivity index (χ4n) is 4.77. The van der Waals surface area contributed by atoms with Crippen LogP contribution < -0.4 is 0 Å². The summed E-state index contributed by atoms with van der Waals surface area (Å²) >= 11 is 0. The molecule has 0 unspecified atom stereocenters. The molecular formula is C30H22F2N2O. The first-order valence-corrected chi connectivity index (χ1v) is 11.3. The first kappa shape index (κ1) is 23.8. The number of nitrogens with zero attached hydrogens (tertiary/aromatic N) is 2. The van der Waals surface area contributed by atoms with Crippen molar-refractivity contribution in [2.24, 2.45) is 5.92 Å². The summed E-state index contributed by atoms with van der Waals surface area (Å²) in [6.07, 6.45) is 4.59. The second kappa shape index (κ2) is 10.7. The van der Waals surface area contributed by atoms with E-state index in [4.69, 9.17) is 0 Å². The zero-order valence-corrected chi connectivity index (χ0v) is 18.9. The summed E-state index contributed by atoms with van der Waals surface area (Å²) in [5.41, 5.74) is 4.05. The Balaban J connectivity index is 1.74. The molecule has 0 radical (unpaired) electrons. The van der Waals surface area contributed by atoms with Crippen molar-refractivity contribution in [1.29, 1.82) is 10.5 Å². The number of carbonyl (C=O) groups is 1. The fraction of sp³-hybridized carbons (Fsp3) is 0.167. The molecule has 4 rings (SSSR count). The highest BCUT2D eigenvalue weighted by Gasteiger charge is 2.34. The quantitative estimate of drug-likeness (QED) is 0.298. The van der Waals surface area contributed by atoms with Crippen molar-refractivity contribution in [2.45, 2.75) is 25.2 Å². The maximum Gasteiger partial charge on any atom is 0.156 e. The van der Waals surface area contributed by atoms with Crippen molar-refractivity contribution in [3.05, 3.63) is 118 Å². The van der Waals surface area contributed by atoms with E-state index in [2.05, 4.69) is 0 Å². The average molecular weight is 465 g/mol. The Morgan fingerprint density at radius 1 is 0.943 bits per heavy atom. The molecule has 0 saturated carbocycles. The van der Waals surface area contributed by atoms with Crippen LogP contribution in [0.1, 0.15) is 41.0 Å². The number of benzene rings is 3. The summed E-state index contributed by atoms with van der Waals surface area (Å²) < 4.78 is 26.9. The molecule has 3 nitrogen and oxygen atoms in total. The first-order valence-electron chi connectivity index (χ1n) is 11.3. The van der Waals surface area contributed by atoms with Gasteiger partial charge in [-0.3, -0.25) is 4.79 Å². The van der Waals surface area contributed by atoms with Crippen molar-refractivity contribution in [2.75, 3.05) is 0 Å². The molecule has 0 heterocycles. The van der Waals surface area contributed by atoms with Gasteiger partial charge >= 0.3 is 0 Å². The highest BCUT2D eigenvalue weighted by Crippen LogP contribution is 2.46. The fourth-order valence-corrected chi connectivity index (χ4v) is 4.77. The molecule has 172 valence electrons. The summed E-state index contributed by atoms with van der Waals surface area (Å²) in [6.45, 7) is 0. The number of hydrogen-bond acceptors (Lipinski definition) is 3. The SMILES string of the molecule is N#CC(C#N)=C1c2ccccc2CC[C@@H]1[C@H](CC(=O)/C=C/c1ccc(F)cc1)c1ccc(F)cc1. The normalized spacial score (nSPS) is 15.7. The second-order valence-corrected chi connectivity index (χ2v) is 8.53. The standard InChI is InChI=1S/C30H22F2N2O/c31-24-11-5-20(6-12-24)7-15-26(35)17-29(22-8-13-25(32)14-9-22)28-16-10-21-3-1-2-4-27(21)30(28)23(18-33)19-34/h1-9,11-15,28-29H,10,16-17H2/b15-7+/t28-,29-/m1/s1. The van der Waals surface area contributed by atoms with E-state index < -0.39 is 0 Å². The lowest BCUT2D eigenvalue weighted by Gasteiger charge is -2.34. The van der Waals surface area contributed by atoms with Gasteiger partial charge < -0.3 is 0 Å². The van der Waals surface area contributed by atoms with Gasteiger partial charge in [-0.05, 0) is 82.8 Å². The van der Waals surface area contributed by atoms with Gasteiger partial charge in [-0.1, -0.05) is 54.6 Å². The van der Waals surface area contributed by atoms with Gasteiger partial charge in [0, 0.05) is 6.42 Å². The van der Waals surface area contributed by atoms with E-state index in [0.29, 0.717) is 17.6 Å². The molecule has 0 amide bonds. The minimum absolute atomic E-state index is 0.0311. The Bertz CT molecular complexity index is 1360. The van der Waals surface area contributed by atoms with Gasteiger partial charge in [-0.2, -0.15) is 10.5 Å². The van der Waals surface area contributed by atoms with Crippen molar-refractivity contribution in [3.8, 4) is 12.1 Å². The monoisotopic (exact) mass is 464 g/mol. The van der Waals surface area contributed by atoms with Crippen LogP contribution in [0, 0.1) is 40.2 Å². The molecular weight excluding hydrogens is 442 g/mol. The summed E-state index contributed by atoms with van der Waals surface area (Å²) in [5.74, 6) is -1.52. The van der Waals surface area contributed by atoms with E-state index in [0.717, 1.165) is 23.1 Å². The largest absolute Gasteiger partial charge is 0.295 e. The first-order chi connectivity index (χ1) is 17.0. The molecule has 3 aromatic carbocycles. The summed E-state index contributed by atoms with van der Waals surface area (Å²) in [7, 11) is 0. The number of rotatable bonds is 6. The molecule has 1 aliphatic rings. The van der Waals surface area contributed by atoms with Crippen molar-refractivity contribution < 1.29 is 13.6 Å². The van der Waals surface area contributed by atoms with Crippen LogP contribution in [0.15, 0.2) is 84.4 Å². The van der Waals surface area contributed by atoms with Crippen LogP contribution in [0.2, 0.25) is 0 Å². The minimum atomic E-state index is -0.380. The molecule has 0 spiro atoms. The third-order valence-electron chi connectivity index (χ3n) is 6.43. The molecule has 1 aliphatic carbocycles. The number of allylic oxidation sites excluding steroid dienone is 3. The van der Waals surface area contributed by atoms with Gasteiger partial charge in [0.25, 0.3) is 0 Å². The molecule has 3 aromatic rings. The maximum absolute atomic E-state index is 13.7. The Hall–Kier alpha value is -4.35. The molecule has 0 bridgehead atoms. The van der Waals surface area contributed by atoms with E-state index in [9.17, 15) is 24.1 Å². The lowest BCUT2D eigenvalue weighted by atomic mass is 9.68. The van der Waals surface area contributed by atoms with Gasteiger partial charge in [0.05, 0.1) is 0 Å². The summed E-state index contributed by atoms with van der Waals surface area (Å²) in [6, 6.07) is 23.6. The van der Waals surface area contributed by atoms with Crippen LogP contribution in [0.3, 0.4) is 0 Å². The number of ketones is 1. The third kappa shape index (κ3) is 5.42. The molecule has 0 aromatic heterocycles. The van der Waals surface area contributed by atoms with Gasteiger partial charge in [-0.15, -0.1) is 0 Å². The highest BCUT2D eigenvalue weighted by atomic mass is 19.1. The predicted molar refractivity (Wildman–Crippen MR) is 131 cm³/mol. The number of hydrogen-bond donors (Lipinski definition) is 0. The Morgan fingerprint density at radius 2 is 1.57 bits per heavy atom. The Labute approximate surface area is 203 Å². The van der Waals surface area contributed by atoms with E-state index in [1.807, 2.05) is 36.4 Å². The smallest absolute Gasteiger partial charge is 0.156 e. The molecule has 0 saturated heterocycles. The van der Waals surface area contributed by atoms with Gasteiger partial charge in [0.15, 0.2) is 5.78 Å². The lowest BCUT2D eigenvalue weighted by molar-refractivity contribution is -0.115. The van der Waals surface area contributed by atoms with Crippen LogP contribution in [0.4, 0.5) is 8.78 Å². The van der Waals surface area contributed by atoms with E-state index in [1.165, 1.54) is 30.3 Å². The van der Waals surface area contributed by atoms with Crippen molar-refractivity contribution >= 4 is 17.4 Å². The van der Waals surface area contributed by atoms with E-state index >= 15 is 0 Å². The van der Waals surface area contributed by atoms with Crippen LogP contribution in [0.5, 0.6) is 0 Å². The highest BCUT2D eigenvalue weighted by molar-refractivity contribution is 5.94. The lowest BCUT2D eigenvalue weighted by Crippen LogP contribution is -2.23. The van der Waals surface area contributed by atoms with Crippen LogP contribution >= 0.6 is 0 Å². The van der Waals surface area contributed by atoms with Gasteiger partial charge in [0.1, 0.15) is 29.3 Å². The number of halogens is 2. The van der Waals surface area contributed by atoms with Crippen molar-refractivity contribution in [1.82, 2.24) is 0 Å². The molecule has 0 N–H and O–H groups in total. The van der Waals surface area contributed by atoms with Crippen LogP contribution in [0.25, 0.3) is 11.6 Å².